The zero-order chi connectivity index (χ0) is 9.90. The van der Waals surface area contributed by atoms with Crippen molar-refractivity contribution in [2.24, 2.45) is 0 Å². The molecule has 0 saturated heterocycles. The van der Waals surface area contributed by atoms with Gasteiger partial charge in [0.25, 0.3) is 0 Å². The monoisotopic (exact) mass is 193 g/mol. The Bertz CT molecular complexity index is 266. The smallest absolute Gasteiger partial charge is 0.318 e. The van der Waals surface area contributed by atoms with E-state index in [1.54, 1.807) is 7.05 Å². The standard InChI is InChI=1S/C7H10F3N3/c1-11-3-5-13-4-2-6(12-13)7(8,9)10/h2,4,11H,3,5H2,1H3. The highest BCUT2D eigenvalue weighted by Gasteiger charge is 2.33. The SMILES string of the molecule is CNCCn1ccc(C(F)(F)F)n1. The fourth-order valence-corrected chi connectivity index (χ4v) is 0.864. The highest BCUT2D eigenvalue weighted by atomic mass is 19.4. The van der Waals surface area contributed by atoms with E-state index in [9.17, 15) is 13.2 Å². The molecule has 0 atom stereocenters. The summed E-state index contributed by atoms with van der Waals surface area (Å²) >= 11 is 0. The first kappa shape index (κ1) is 10.0. The average Bonchev–Trinajstić information content (AvgIpc) is 2.47. The Morgan fingerprint density at radius 3 is 2.69 bits per heavy atom. The lowest BCUT2D eigenvalue weighted by atomic mass is 10.4. The summed E-state index contributed by atoms with van der Waals surface area (Å²) < 4.78 is 37.4. The molecular weight excluding hydrogens is 183 g/mol. The van der Waals surface area contributed by atoms with Crippen molar-refractivity contribution in [3.8, 4) is 0 Å². The minimum absolute atomic E-state index is 0.437. The Balaban J connectivity index is 2.64. The van der Waals surface area contributed by atoms with Crippen molar-refractivity contribution >= 4 is 0 Å². The summed E-state index contributed by atoms with van der Waals surface area (Å²) in [4.78, 5) is 0. The molecule has 0 aliphatic heterocycles. The van der Waals surface area contributed by atoms with Crippen LogP contribution in [0.3, 0.4) is 0 Å². The lowest BCUT2D eigenvalue weighted by molar-refractivity contribution is -0.141. The Kier molecular flexibility index (Phi) is 2.92. The van der Waals surface area contributed by atoms with Gasteiger partial charge in [0.2, 0.25) is 0 Å². The van der Waals surface area contributed by atoms with Gasteiger partial charge in [0.15, 0.2) is 5.69 Å². The lowest BCUT2D eigenvalue weighted by Gasteiger charge is -2.02. The van der Waals surface area contributed by atoms with Crippen LogP contribution in [0.25, 0.3) is 0 Å². The van der Waals surface area contributed by atoms with E-state index in [1.807, 2.05) is 0 Å². The summed E-state index contributed by atoms with van der Waals surface area (Å²) in [5.41, 5.74) is -0.844. The maximum absolute atomic E-state index is 12.0. The second-order valence-electron chi connectivity index (χ2n) is 2.57. The van der Waals surface area contributed by atoms with Crippen LogP contribution in [-0.2, 0) is 12.7 Å². The number of rotatable bonds is 3. The predicted molar refractivity (Wildman–Crippen MR) is 41.2 cm³/mol. The van der Waals surface area contributed by atoms with Gasteiger partial charge >= 0.3 is 6.18 Å². The topological polar surface area (TPSA) is 29.9 Å². The van der Waals surface area contributed by atoms with E-state index < -0.39 is 11.9 Å². The van der Waals surface area contributed by atoms with Crippen LogP contribution in [0.15, 0.2) is 12.3 Å². The van der Waals surface area contributed by atoms with Crippen molar-refractivity contribution < 1.29 is 13.2 Å². The van der Waals surface area contributed by atoms with E-state index in [0.29, 0.717) is 13.1 Å². The van der Waals surface area contributed by atoms with Gasteiger partial charge in [-0.2, -0.15) is 18.3 Å². The van der Waals surface area contributed by atoms with E-state index >= 15 is 0 Å². The maximum Gasteiger partial charge on any atom is 0.435 e. The molecule has 3 nitrogen and oxygen atoms in total. The molecule has 13 heavy (non-hydrogen) atoms. The first-order valence-electron chi connectivity index (χ1n) is 3.79. The fraction of sp³-hybridized carbons (Fsp3) is 0.571. The van der Waals surface area contributed by atoms with E-state index in [1.165, 1.54) is 10.9 Å². The van der Waals surface area contributed by atoms with Gasteiger partial charge in [-0.15, -0.1) is 0 Å². The molecule has 0 unspecified atom stereocenters. The van der Waals surface area contributed by atoms with Crippen LogP contribution in [0.2, 0.25) is 0 Å². The third-order valence-electron chi connectivity index (χ3n) is 1.52. The molecule has 0 radical (unpaired) electrons. The molecule has 0 aliphatic carbocycles. The molecule has 0 amide bonds. The lowest BCUT2D eigenvalue weighted by Crippen LogP contribution is -2.16. The molecular formula is C7H10F3N3. The molecule has 1 aromatic heterocycles. The van der Waals surface area contributed by atoms with E-state index in [0.717, 1.165) is 6.07 Å². The van der Waals surface area contributed by atoms with E-state index in [2.05, 4.69) is 10.4 Å². The van der Waals surface area contributed by atoms with Crippen molar-refractivity contribution in [1.82, 2.24) is 15.1 Å². The first-order chi connectivity index (χ1) is 6.04. The van der Waals surface area contributed by atoms with Crippen LogP contribution in [0.5, 0.6) is 0 Å². The minimum atomic E-state index is -4.34. The van der Waals surface area contributed by atoms with Gasteiger partial charge in [-0.25, -0.2) is 0 Å². The van der Waals surface area contributed by atoms with Gasteiger partial charge < -0.3 is 5.32 Å². The van der Waals surface area contributed by atoms with Gasteiger partial charge in [0.05, 0.1) is 6.54 Å². The van der Waals surface area contributed by atoms with Crippen LogP contribution in [-0.4, -0.2) is 23.4 Å². The Morgan fingerprint density at radius 2 is 2.23 bits per heavy atom. The van der Waals surface area contributed by atoms with E-state index in [4.69, 9.17) is 0 Å². The number of alkyl halides is 3. The molecule has 0 saturated carbocycles. The first-order valence-corrected chi connectivity index (χ1v) is 3.79. The molecule has 1 rings (SSSR count). The van der Waals surface area contributed by atoms with Gasteiger partial charge in [-0.3, -0.25) is 4.68 Å². The number of nitrogens with zero attached hydrogens (tertiary/aromatic N) is 2. The average molecular weight is 193 g/mol. The second kappa shape index (κ2) is 3.78. The highest BCUT2D eigenvalue weighted by molar-refractivity contribution is 5.03. The van der Waals surface area contributed by atoms with Gasteiger partial charge in [-0.05, 0) is 13.1 Å². The number of nitrogens with one attached hydrogen (secondary N) is 1. The number of likely N-dealkylation sites (N-methyl/N-ethyl adjacent to an activating group) is 1. The van der Waals surface area contributed by atoms with E-state index in [-0.39, 0.29) is 0 Å². The van der Waals surface area contributed by atoms with Crippen molar-refractivity contribution in [3.63, 3.8) is 0 Å². The number of hydrogen-bond donors (Lipinski definition) is 1. The molecule has 6 heteroatoms. The summed E-state index contributed by atoms with van der Waals surface area (Å²) in [5.74, 6) is 0. The normalized spacial score (nSPS) is 12.0. The molecule has 1 heterocycles. The summed E-state index contributed by atoms with van der Waals surface area (Å²) in [7, 11) is 1.73. The molecule has 74 valence electrons. The maximum atomic E-state index is 12.0. The van der Waals surface area contributed by atoms with Gasteiger partial charge in [-0.1, -0.05) is 0 Å². The third-order valence-corrected chi connectivity index (χ3v) is 1.52. The zero-order valence-corrected chi connectivity index (χ0v) is 7.10. The second-order valence-corrected chi connectivity index (χ2v) is 2.57. The Hall–Kier alpha value is -1.04. The van der Waals surface area contributed by atoms with Crippen molar-refractivity contribution in [3.05, 3.63) is 18.0 Å². The third kappa shape index (κ3) is 2.73. The van der Waals surface area contributed by atoms with Crippen LogP contribution in [0.4, 0.5) is 13.2 Å². The minimum Gasteiger partial charge on any atom is -0.318 e. The van der Waals surface area contributed by atoms with Crippen molar-refractivity contribution in [2.45, 2.75) is 12.7 Å². The van der Waals surface area contributed by atoms with Gasteiger partial charge in [0, 0.05) is 12.7 Å². The molecule has 0 spiro atoms. The molecule has 0 bridgehead atoms. The molecule has 0 aliphatic rings. The van der Waals surface area contributed by atoms with Crippen LogP contribution in [0, 0.1) is 0 Å². The van der Waals surface area contributed by atoms with Crippen LogP contribution in [0.1, 0.15) is 5.69 Å². The van der Waals surface area contributed by atoms with Crippen LogP contribution < -0.4 is 5.32 Å². The molecule has 0 aromatic carbocycles. The Labute approximate surface area is 73.5 Å². The quantitative estimate of drug-likeness (QED) is 0.779. The largest absolute Gasteiger partial charge is 0.435 e. The molecule has 0 fully saturated rings. The van der Waals surface area contributed by atoms with Crippen molar-refractivity contribution in [2.75, 3.05) is 13.6 Å². The number of aromatic nitrogens is 2. The summed E-state index contributed by atoms with van der Waals surface area (Å²) in [5, 5.41) is 6.19. The highest BCUT2D eigenvalue weighted by Crippen LogP contribution is 2.26. The Morgan fingerprint density at radius 1 is 1.54 bits per heavy atom. The summed E-state index contributed by atoms with van der Waals surface area (Å²) in [6, 6.07) is 0.968. The van der Waals surface area contributed by atoms with Crippen molar-refractivity contribution in [1.29, 1.82) is 0 Å². The van der Waals surface area contributed by atoms with Crippen LogP contribution >= 0.6 is 0 Å². The summed E-state index contributed by atoms with van der Waals surface area (Å²) in [6.45, 7) is 1.03. The molecule has 1 N–H and O–H groups in total. The number of halogens is 3. The zero-order valence-electron chi connectivity index (χ0n) is 7.10. The molecule has 1 aromatic rings. The summed E-state index contributed by atoms with van der Waals surface area (Å²) in [6.07, 6.45) is -3.02. The number of hydrogen-bond acceptors (Lipinski definition) is 2. The predicted octanol–water partition coefficient (Wildman–Crippen LogP) is 1.12. The van der Waals surface area contributed by atoms with Gasteiger partial charge in [0.1, 0.15) is 0 Å². The fourth-order valence-electron chi connectivity index (χ4n) is 0.864.